The molecule has 3 saturated heterocycles. The number of carbonyl (C=O) groups excluding carboxylic acids is 1. The number of likely N-dealkylation sites (tertiary alicyclic amines) is 1. The van der Waals surface area contributed by atoms with E-state index in [1.807, 2.05) is 35.2 Å². The summed E-state index contributed by atoms with van der Waals surface area (Å²) in [5, 5.41) is 0. The first kappa shape index (κ1) is 18.3. The van der Waals surface area contributed by atoms with Crippen LogP contribution in [-0.2, 0) is 21.4 Å². The third-order valence-electron chi connectivity index (χ3n) is 7.87. The van der Waals surface area contributed by atoms with Gasteiger partial charge < -0.3 is 14.6 Å². The SMILES string of the molecule is O=C([C@@H]1C[C@@H]2CC[C@H]1O2)N1CCC2(CCc3c2nc(-c2ccccc2)[nH]c3=O)CC1. The maximum atomic E-state index is 13.1. The van der Waals surface area contributed by atoms with Gasteiger partial charge in [0.2, 0.25) is 5.91 Å². The highest BCUT2D eigenvalue weighted by Crippen LogP contribution is 2.46. The first-order valence-electron chi connectivity index (χ1n) is 11.3. The zero-order chi connectivity index (χ0) is 20.3. The van der Waals surface area contributed by atoms with Gasteiger partial charge in [-0.15, -0.1) is 0 Å². The summed E-state index contributed by atoms with van der Waals surface area (Å²) >= 11 is 0. The number of nitrogens with zero attached hydrogens (tertiary/aromatic N) is 2. The summed E-state index contributed by atoms with van der Waals surface area (Å²) in [5.41, 5.74) is 2.67. The van der Waals surface area contributed by atoms with Gasteiger partial charge in [-0.25, -0.2) is 4.98 Å². The van der Waals surface area contributed by atoms with Gasteiger partial charge in [-0.1, -0.05) is 30.3 Å². The second-order valence-corrected chi connectivity index (χ2v) is 9.43. The molecule has 6 heteroatoms. The molecule has 1 spiro atoms. The number of piperidine rings is 1. The summed E-state index contributed by atoms with van der Waals surface area (Å²) in [6.45, 7) is 1.50. The van der Waals surface area contributed by atoms with Gasteiger partial charge in [0, 0.05) is 29.6 Å². The number of nitrogens with one attached hydrogen (secondary N) is 1. The second-order valence-electron chi connectivity index (χ2n) is 9.43. The zero-order valence-electron chi connectivity index (χ0n) is 17.1. The second kappa shape index (κ2) is 6.77. The smallest absolute Gasteiger partial charge is 0.254 e. The Morgan fingerprint density at radius 3 is 2.63 bits per heavy atom. The van der Waals surface area contributed by atoms with Crippen molar-refractivity contribution in [1.29, 1.82) is 0 Å². The Morgan fingerprint density at radius 2 is 1.93 bits per heavy atom. The molecule has 3 aliphatic heterocycles. The van der Waals surface area contributed by atoms with E-state index >= 15 is 0 Å². The number of amides is 1. The highest BCUT2D eigenvalue weighted by Gasteiger charge is 2.49. The van der Waals surface area contributed by atoms with Gasteiger partial charge in [0.15, 0.2) is 0 Å². The fourth-order valence-corrected chi connectivity index (χ4v) is 6.16. The number of carbonyl (C=O) groups is 1. The van der Waals surface area contributed by atoms with Crippen molar-refractivity contribution in [3.63, 3.8) is 0 Å². The summed E-state index contributed by atoms with van der Waals surface area (Å²) < 4.78 is 5.91. The van der Waals surface area contributed by atoms with Gasteiger partial charge in [-0.05, 0) is 44.9 Å². The maximum absolute atomic E-state index is 13.1. The average molecular weight is 405 g/mol. The Morgan fingerprint density at radius 1 is 1.13 bits per heavy atom. The van der Waals surface area contributed by atoms with Crippen LogP contribution in [0.5, 0.6) is 0 Å². The minimum atomic E-state index is -0.0743. The van der Waals surface area contributed by atoms with Crippen LogP contribution in [0.15, 0.2) is 35.1 Å². The van der Waals surface area contributed by atoms with E-state index in [-0.39, 0.29) is 28.9 Å². The lowest BCUT2D eigenvalue weighted by Crippen LogP contribution is -2.48. The van der Waals surface area contributed by atoms with Crippen molar-refractivity contribution in [2.24, 2.45) is 5.92 Å². The Bertz CT molecular complexity index is 1040. The molecule has 1 aromatic carbocycles. The van der Waals surface area contributed by atoms with Crippen LogP contribution in [-0.4, -0.2) is 46.1 Å². The summed E-state index contributed by atoms with van der Waals surface area (Å²) in [4.78, 5) is 35.9. The Hall–Kier alpha value is -2.47. The summed E-state index contributed by atoms with van der Waals surface area (Å²) in [6, 6.07) is 9.84. The normalized spacial score (nSPS) is 28.8. The van der Waals surface area contributed by atoms with Crippen molar-refractivity contribution in [2.75, 3.05) is 13.1 Å². The molecule has 6 rings (SSSR count). The lowest BCUT2D eigenvalue weighted by atomic mass is 9.75. The number of fused-ring (bicyclic) bond motifs is 4. The topological polar surface area (TPSA) is 75.3 Å². The van der Waals surface area contributed by atoms with Gasteiger partial charge in [0.05, 0.1) is 23.8 Å². The van der Waals surface area contributed by atoms with Crippen molar-refractivity contribution >= 4 is 5.91 Å². The molecule has 1 aromatic heterocycles. The number of aromatic nitrogens is 2. The molecule has 3 atom stereocenters. The minimum Gasteiger partial charge on any atom is -0.374 e. The van der Waals surface area contributed by atoms with Gasteiger partial charge in [0.25, 0.3) is 5.56 Å². The van der Waals surface area contributed by atoms with Crippen molar-refractivity contribution < 1.29 is 9.53 Å². The summed E-state index contributed by atoms with van der Waals surface area (Å²) in [5.74, 6) is 0.983. The number of rotatable bonds is 2. The molecule has 6 nitrogen and oxygen atoms in total. The van der Waals surface area contributed by atoms with Crippen LogP contribution in [0.2, 0.25) is 0 Å². The quantitative estimate of drug-likeness (QED) is 0.834. The van der Waals surface area contributed by atoms with E-state index in [0.29, 0.717) is 11.9 Å². The summed E-state index contributed by atoms with van der Waals surface area (Å²) in [7, 11) is 0. The minimum absolute atomic E-state index is 0.00614. The van der Waals surface area contributed by atoms with Gasteiger partial charge >= 0.3 is 0 Å². The molecule has 1 N–H and O–H groups in total. The average Bonchev–Trinajstić information content (AvgIpc) is 3.50. The van der Waals surface area contributed by atoms with Gasteiger partial charge in [0.1, 0.15) is 5.82 Å². The number of benzene rings is 1. The number of hydrogen-bond acceptors (Lipinski definition) is 4. The lowest BCUT2D eigenvalue weighted by molar-refractivity contribution is -0.138. The van der Waals surface area contributed by atoms with Crippen LogP contribution in [0.4, 0.5) is 0 Å². The third kappa shape index (κ3) is 2.77. The van der Waals surface area contributed by atoms with Crippen LogP contribution < -0.4 is 5.56 Å². The highest BCUT2D eigenvalue weighted by atomic mass is 16.5. The van der Waals surface area contributed by atoms with E-state index in [0.717, 1.165) is 74.9 Å². The molecule has 156 valence electrons. The van der Waals surface area contributed by atoms with E-state index < -0.39 is 0 Å². The van der Waals surface area contributed by atoms with Crippen LogP contribution in [0.1, 0.15) is 49.8 Å². The molecule has 1 amide bonds. The molecule has 0 radical (unpaired) electrons. The molecular weight excluding hydrogens is 378 g/mol. The predicted octanol–water partition coefficient (Wildman–Crippen LogP) is 2.81. The molecule has 0 unspecified atom stereocenters. The van der Waals surface area contributed by atoms with Crippen LogP contribution in [0.25, 0.3) is 11.4 Å². The third-order valence-corrected chi connectivity index (χ3v) is 7.87. The van der Waals surface area contributed by atoms with Gasteiger partial charge in [-0.3, -0.25) is 9.59 Å². The van der Waals surface area contributed by atoms with E-state index in [1.165, 1.54) is 0 Å². The van der Waals surface area contributed by atoms with Crippen LogP contribution >= 0.6 is 0 Å². The number of aromatic amines is 1. The van der Waals surface area contributed by atoms with E-state index in [9.17, 15) is 9.59 Å². The van der Waals surface area contributed by atoms with Crippen molar-refractivity contribution in [3.05, 3.63) is 51.9 Å². The molecule has 1 aliphatic carbocycles. The molecule has 4 aliphatic rings. The van der Waals surface area contributed by atoms with Gasteiger partial charge in [-0.2, -0.15) is 0 Å². The Balaban J connectivity index is 1.24. The highest BCUT2D eigenvalue weighted by molar-refractivity contribution is 5.80. The zero-order valence-corrected chi connectivity index (χ0v) is 17.1. The molecule has 3 fully saturated rings. The van der Waals surface area contributed by atoms with Crippen molar-refractivity contribution in [2.45, 2.75) is 62.6 Å². The fourth-order valence-electron chi connectivity index (χ4n) is 6.16. The monoisotopic (exact) mass is 405 g/mol. The van der Waals surface area contributed by atoms with Crippen molar-refractivity contribution in [1.82, 2.24) is 14.9 Å². The van der Waals surface area contributed by atoms with E-state index in [4.69, 9.17) is 9.72 Å². The standard InChI is InChI=1S/C24H27N3O3/c28-22-17-8-9-24(20(17)25-21(26-22)15-4-2-1-3-5-15)10-12-27(13-11-24)23(29)18-14-16-6-7-19(18)30-16/h1-5,16,18-19H,6-14H2,(H,25,26,28)/t16-,18+,19+/m0/s1. The molecular formula is C24H27N3O3. The fraction of sp³-hybridized carbons (Fsp3) is 0.542. The number of hydrogen-bond donors (Lipinski definition) is 1. The van der Waals surface area contributed by atoms with E-state index in [1.54, 1.807) is 0 Å². The van der Waals surface area contributed by atoms with E-state index in [2.05, 4.69) is 4.98 Å². The molecule has 30 heavy (non-hydrogen) atoms. The summed E-state index contributed by atoms with van der Waals surface area (Å²) in [6.07, 6.45) is 6.98. The molecule has 2 aromatic rings. The van der Waals surface area contributed by atoms with Crippen LogP contribution in [0, 0.1) is 5.92 Å². The maximum Gasteiger partial charge on any atom is 0.254 e. The molecule has 2 bridgehead atoms. The lowest BCUT2D eigenvalue weighted by Gasteiger charge is -2.40. The van der Waals surface area contributed by atoms with Crippen molar-refractivity contribution in [3.8, 4) is 11.4 Å². The first-order chi connectivity index (χ1) is 14.6. The largest absolute Gasteiger partial charge is 0.374 e. The van der Waals surface area contributed by atoms with Crippen LogP contribution in [0.3, 0.4) is 0 Å². The molecule has 4 heterocycles. The Kier molecular flexibility index (Phi) is 4.13. The molecule has 0 saturated carbocycles. The number of H-pyrrole nitrogens is 1. The first-order valence-corrected chi connectivity index (χ1v) is 11.3. The predicted molar refractivity (Wildman–Crippen MR) is 112 cm³/mol. The number of ether oxygens (including phenoxy) is 1. The Labute approximate surface area is 175 Å².